The topological polar surface area (TPSA) is 15.3 Å². The van der Waals surface area contributed by atoms with Gasteiger partial charge in [0.1, 0.15) is 0 Å². The first-order valence-electron chi connectivity index (χ1n) is 7.95. The molecule has 106 valence electrons. The molecule has 1 spiro atoms. The zero-order chi connectivity index (χ0) is 13.2. The van der Waals surface area contributed by atoms with Crippen molar-refractivity contribution >= 4 is 0 Å². The lowest BCUT2D eigenvalue weighted by Gasteiger charge is -2.53. The van der Waals surface area contributed by atoms with Crippen LogP contribution in [0.5, 0.6) is 0 Å². The molecule has 1 saturated carbocycles. The molecule has 1 saturated heterocycles. The van der Waals surface area contributed by atoms with Crippen molar-refractivity contribution in [2.75, 3.05) is 26.2 Å². The second-order valence-corrected chi connectivity index (χ2v) is 7.60. The van der Waals surface area contributed by atoms with Gasteiger partial charge in [0.25, 0.3) is 0 Å². The Morgan fingerprint density at radius 2 is 1.67 bits per heavy atom. The molecule has 1 N–H and O–H groups in total. The van der Waals surface area contributed by atoms with Gasteiger partial charge in [-0.1, -0.05) is 27.7 Å². The van der Waals surface area contributed by atoms with Gasteiger partial charge in [0.15, 0.2) is 0 Å². The van der Waals surface area contributed by atoms with E-state index in [-0.39, 0.29) is 0 Å². The standard InChI is InChI=1S/C16H32N2/c1-13(2)11-17-15-9-16(10-15)5-7-18(8-6-16)12-14(3)4/h13-15,17H,5-12H2,1-4H3. The highest BCUT2D eigenvalue weighted by Crippen LogP contribution is 2.49. The van der Waals surface area contributed by atoms with Gasteiger partial charge in [-0.2, -0.15) is 0 Å². The molecule has 2 nitrogen and oxygen atoms in total. The highest BCUT2D eigenvalue weighted by Gasteiger charge is 2.45. The number of hydrogen-bond acceptors (Lipinski definition) is 2. The zero-order valence-corrected chi connectivity index (χ0v) is 12.8. The molecule has 0 radical (unpaired) electrons. The fourth-order valence-electron chi connectivity index (χ4n) is 3.67. The van der Waals surface area contributed by atoms with Crippen LogP contribution >= 0.6 is 0 Å². The number of rotatable bonds is 5. The van der Waals surface area contributed by atoms with Gasteiger partial charge in [-0.25, -0.2) is 0 Å². The number of nitrogens with zero attached hydrogens (tertiary/aromatic N) is 1. The molecule has 1 heterocycles. The van der Waals surface area contributed by atoms with Crippen LogP contribution in [0.15, 0.2) is 0 Å². The van der Waals surface area contributed by atoms with E-state index < -0.39 is 0 Å². The van der Waals surface area contributed by atoms with Gasteiger partial charge in [0.05, 0.1) is 0 Å². The van der Waals surface area contributed by atoms with Gasteiger partial charge in [-0.15, -0.1) is 0 Å². The maximum absolute atomic E-state index is 3.72. The summed E-state index contributed by atoms with van der Waals surface area (Å²) in [4.78, 5) is 2.67. The summed E-state index contributed by atoms with van der Waals surface area (Å²) in [5, 5.41) is 3.72. The lowest BCUT2D eigenvalue weighted by atomic mass is 9.60. The molecule has 0 unspecified atom stereocenters. The molecule has 2 aliphatic rings. The van der Waals surface area contributed by atoms with E-state index in [9.17, 15) is 0 Å². The highest BCUT2D eigenvalue weighted by atomic mass is 15.1. The van der Waals surface area contributed by atoms with E-state index in [1.54, 1.807) is 0 Å². The fraction of sp³-hybridized carbons (Fsp3) is 1.00. The van der Waals surface area contributed by atoms with Crippen molar-refractivity contribution in [2.24, 2.45) is 17.3 Å². The first-order chi connectivity index (χ1) is 8.49. The van der Waals surface area contributed by atoms with Crippen molar-refractivity contribution in [3.63, 3.8) is 0 Å². The van der Waals surface area contributed by atoms with E-state index >= 15 is 0 Å². The predicted octanol–water partition coefficient (Wildman–Crippen LogP) is 3.13. The fourth-order valence-corrected chi connectivity index (χ4v) is 3.67. The zero-order valence-electron chi connectivity index (χ0n) is 12.8. The number of hydrogen-bond donors (Lipinski definition) is 1. The van der Waals surface area contributed by atoms with Crippen molar-refractivity contribution in [1.82, 2.24) is 10.2 Å². The van der Waals surface area contributed by atoms with Crippen LogP contribution in [-0.2, 0) is 0 Å². The molecule has 1 aliphatic carbocycles. The SMILES string of the molecule is CC(C)CNC1CC2(CCN(CC(C)C)CC2)C1. The Labute approximate surface area is 114 Å². The van der Waals surface area contributed by atoms with Crippen LogP contribution in [0.1, 0.15) is 53.4 Å². The monoisotopic (exact) mass is 252 g/mol. The van der Waals surface area contributed by atoms with E-state index in [1.165, 1.54) is 51.9 Å². The van der Waals surface area contributed by atoms with Crippen LogP contribution in [-0.4, -0.2) is 37.1 Å². The average molecular weight is 252 g/mol. The quantitative estimate of drug-likeness (QED) is 0.809. The molecule has 2 heteroatoms. The lowest BCUT2D eigenvalue weighted by molar-refractivity contribution is 0.00256. The summed E-state index contributed by atoms with van der Waals surface area (Å²) in [6.07, 6.45) is 5.77. The molecule has 1 aliphatic heterocycles. The molecular formula is C16H32N2. The third kappa shape index (κ3) is 3.71. The average Bonchev–Trinajstić information content (AvgIpc) is 2.24. The summed E-state index contributed by atoms with van der Waals surface area (Å²) < 4.78 is 0. The molecule has 18 heavy (non-hydrogen) atoms. The van der Waals surface area contributed by atoms with Crippen LogP contribution in [0.4, 0.5) is 0 Å². The summed E-state index contributed by atoms with van der Waals surface area (Å²) in [5.74, 6) is 1.61. The van der Waals surface area contributed by atoms with E-state index in [0.29, 0.717) is 0 Å². The molecule has 0 aromatic carbocycles. The van der Waals surface area contributed by atoms with E-state index in [0.717, 1.165) is 23.3 Å². The van der Waals surface area contributed by atoms with Crippen molar-refractivity contribution in [2.45, 2.75) is 59.4 Å². The van der Waals surface area contributed by atoms with Crippen LogP contribution < -0.4 is 5.32 Å². The van der Waals surface area contributed by atoms with Gasteiger partial charge < -0.3 is 10.2 Å². The number of nitrogens with one attached hydrogen (secondary N) is 1. The van der Waals surface area contributed by atoms with Crippen molar-refractivity contribution in [1.29, 1.82) is 0 Å². The Hall–Kier alpha value is -0.0800. The molecular weight excluding hydrogens is 220 g/mol. The maximum Gasteiger partial charge on any atom is 0.00778 e. The van der Waals surface area contributed by atoms with Crippen molar-refractivity contribution in [3.05, 3.63) is 0 Å². The smallest absolute Gasteiger partial charge is 0.00778 e. The van der Waals surface area contributed by atoms with Crippen molar-refractivity contribution in [3.8, 4) is 0 Å². The first-order valence-corrected chi connectivity index (χ1v) is 7.95. The maximum atomic E-state index is 3.72. The molecule has 0 aromatic rings. The van der Waals surface area contributed by atoms with Gasteiger partial charge in [-0.3, -0.25) is 0 Å². The summed E-state index contributed by atoms with van der Waals surface area (Å²) in [6, 6.07) is 0.823. The van der Waals surface area contributed by atoms with Crippen molar-refractivity contribution < 1.29 is 0 Å². The molecule has 0 amide bonds. The molecule has 0 atom stereocenters. The van der Waals surface area contributed by atoms with Crippen LogP contribution in [0.3, 0.4) is 0 Å². The second kappa shape index (κ2) is 5.92. The van der Waals surface area contributed by atoms with E-state index in [1.807, 2.05) is 0 Å². The third-order valence-corrected chi connectivity index (χ3v) is 4.71. The minimum atomic E-state index is 0.724. The predicted molar refractivity (Wildman–Crippen MR) is 78.8 cm³/mol. The largest absolute Gasteiger partial charge is 0.314 e. The minimum Gasteiger partial charge on any atom is -0.314 e. The summed E-state index contributed by atoms with van der Waals surface area (Å²) in [6.45, 7) is 14.4. The molecule has 0 aromatic heterocycles. The lowest BCUT2D eigenvalue weighted by Crippen LogP contribution is -2.54. The summed E-state index contributed by atoms with van der Waals surface area (Å²) in [5.41, 5.74) is 0.724. The van der Waals surface area contributed by atoms with Crippen LogP contribution in [0.25, 0.3) is 0 Å². The Bertz CT molecular complexity index is 236. The van der Waals surface area contributed by atoms with E-state index in [2.05, 4.69) is 37.9 Å². The van der Waals surface area contributed by atoms with Gasteiger partial charge in [0, 0.05) is 12.6 Å². The normalized spacial score (nSPS) is 25.0. The second-order valence-electron chi connectivity index (χ2n) is 7.60. The highest BCUT2D eigenvalue weighted by molar-refractivity contribution is 5.00. The Kier molecular flexibility index (Phi) is 4.71. The number of piperidine rings is 1. The summed E-state index contributed by atoms with van der Waals surface area (Å²) >= 11 is 0. The first kappa shape index (κ1) is 14.3. The molecule has 2 rings (SSSR count). The van der Waals surface area contributed by atoms with Crippen LogP contribution in [0, 0.1) is 17.3 Å². The third-order valence-electron chi connectivity index (χ3n) is 4.71. The van der Waals surface area contributed by atoms with E-state index in [4.69, 9.17) is 0 Å². The molecule has 0 bridgehead atoms. The van der Waals surface area contributed by atoms with Gasteiger partial charge >= 0.3 is 0 Å². The Morgan fingerprint density at radius 1 is 1.06 bits per heavy atom. The number of likely N-dealkylation sites (tertiary alicyclic amines) is 1. The van der Waals surface area contributed by atoms with Gasteiger partial charge in [-0.05, 0) is 62.6 Å². The molecule has 2 fully saturated rings. The Balaban J connectivity index is 1.65. The minimum absolute atomic E-state index is 0.724. The summed E-state index contributed by atoms with van der Waals surface area (Å²) in [7, 11) is 0. The Morgan fingerprint density at radius 3 is 2.17 bits per heavy atom. The van der Waals surface area contributed by atoms with Gasteiger partial charge in [0.2, 0.25) is 0 Å². The van der Waals surface area contributed by atoms with Crippen LogP contribution in [0.2, 0.25) is 0 Å².